The van der Waals surface area contributed by atoms with Gasteiger partial charge in [0.1, 0.15) is 10.8 Å². The number of thiazole rings is 1. The fourth-order valence-corrected chi connectivity index (χ4v) is 2.16. The van der Waals surface area contributed by atoms with Gasteiger partial charge in [-0.1, -0.05) is 0 Å². The third-order valence-electron chi connectivity index (χ3n) is 1.85. The van der Waals surface area contributed by atoms with E-state index < -0.39 is 0 Å². The minimum Gasteiger partial charge on any atom is -0.508 e. The van der Waals surface area contributed by atoms with Crippen molar-refractivity contribution in [1.29, 1.82) is 0 Å². The Hall–Kier alpha value is -1.60. The molecule has 0 saturated heterocycles. The molecule has 0 aliphatic rings. The van der Waals surface area contributed by atoms with Crippen LogP contribution in [0.3, 0.4) is 0 Å². The number of hydrogen-bond acceptors (Lipinski definition) is 3. The molecule has 70 valence electrons. The van der Waals surface area contributed by atoms with E-state index in [4.69, 9.17) is 6.57 Å². The second-order valence-corrected chi connectivity index (χ2v) is 4.01. The van der Waals surface area contributed by atoms with Gasteiger partial charge in [0.2, 0.25) is 6.54 Å². The molecule has 2 aromatic rings. The van der Waals surface area contributed by atoms with Gasteiger partial charge in [0.15, 0.2) is 0 Å². The van der Waals surface area contributed by atoms with Crippen molar-refractivity contribution >= 4 is 21.6 Å². The Morgan fingerprint density at radius 2 is 2.36 bits per heavy atom. The van der Waals surface area contributed by atoms with E-state index in [0.717, 1.165) is 15.2 Å². The van der Waals surface area contributed by atoms with Gasteiger partial charge < -0.3 is 9.95 Å². The number of aromatic nitrogens is 1. The highest BCUT2D eigenvalue weighted by molar-refractivity contribution is 7.18. The van der Waals surface area contributed by atoms with Crippen molar-refractivity contribution in [2.45, 2.75) is 6.42 Å². The molecule has 0 atom stereocenters. The minimum absolute atomic E-state index is 0.236. The lowest BCUT2D eigenvalue weighted by Gasteiger charge is -1.88. The number of phenols is 1. The highest BCUT2D eigenvalue weighted by atomic mass is 32.1. The molecule has 14 heavy (non-hydrogen) atoms. The molecule has 1 aromatic carbocycles. The molecule has 3 nitrogen and oxygen atoms in total. The van der Waals surface area contributed by atoms with Gasteiger partial charge >= 0.3 is 0 Å². The maximum absolute atomic E-state index is 9.23. The van der Waals surface area contributed by atoms with Gasteiger partial charge in [0.25, 0.3) is 0 Å². The van der Waals surface area contributed by atoms with Gasteiger partial charge in [-0.3, -0.25) is 0 Å². The molecule has 0 fully saturated rings. The zero-order valence-electron chi connectivity index (χ0n) is 7.40. The van der Waals surface area contributed by atoms with Crippen LogP contribution < -0.4 is 0 Å². The number of aromatic hydroxyl groups is 1. The van der Waals surface area contributed by atoms with Gasteiger partial charge in [-0.2, -0.15) is 0 Å². The van der Waals surface area contributed by atoms with E-state index in [2.05, 4.69) is 9.83 Å². The second kappa shape index (κ2) is 3.64. The van der Waals surface area contributed by atoms with E-state index in [-0.39, 0.29) is 5.75 Å². The van der Waals surface area contributed by atoms with Crippen LogP contribution in [0.15, 0.2) is 18.2 Å². The first-order chi connectivity index (χ1) is 6.79. The Labute approximate surface area is 85.5 Å². The monoisotopic (exact) mass is 204 g/mol. The van der Waals surface area contributed by atoms with Gasteiger partial charge in [-0.15, -0.1) is 11.3 Å². The highest BCUT2D eigenvalue weighted by Gasteiger charge is 2.04. The molecule has 1 heterocycles. The summed E-state index contributed by atoms with van der Waals surface area (Å²) in [5.74, 6) is 0.236. The third-order valence-corrected chi connectivity index (χ3v) is 2.95. The Morgan fingerprint density at radius 3 is 3.14 bits per heavy atom. The second-order valence-electron chi connectivity index (χ2n) is 2.89. The van der Waals surface area contributed by atoms with Gasteiger partial charge in [0, 0.05) is 6.07 Å². The lowest BCUT2D eigenvalue weighted by molar-refractivity contribution is 0.476. The van der Waals surface area contributed by atoms with Crippen LogP contribution in [0, 0.1) is 6.57 Å². The molecule has 1 aromatic heterocycles. The molecule has 0 unspecified atom stereocenters. The molecule has 1 N–H and O–H groups in total. The van der Waals surface area contributed by atoms with Crippen LogP contribution in [-0.2, 0) is 6.42 Å². The predicted octanol–water partition coefficient (Wildman–Crippen LogP) is 2.46. The SMILES string of the molecule is [C-]#[N+]CCc1nc2cc(O)ccc2s1. The van der Waals surface area contributed by atoms with Gasteiger partial charge in [-0.25, -0.2) is 11.6 Å². The van der Waals surface area contributed by atoms with E-state index in [1.54, 1.807) is 23.5 Å². The quantitative estimate of drug-likeness (QED) is 0.763. The Morgan fingerprint density at radius 1 is 1.50 bits per heavy atom. The van der Waals surface area contributed by atoms with Crippen LogP contribution in [-0.4, -0.2) is 16.6 Å². The number of fused-ring (bicyclic) bond motifs is 1. The standard InChI is InChI=1S/C10H8N2OS/c1-11-5-4-10-12-8-6-7(13)2-3-9(8)14-10/h2-3,6,13H,4-5H2. The lowest BCUT2D eigenvalue weighted by atomic mass is 10.3. The zero-order valence-corrected chi connectivity index (χ0v) is 8.21. The van der Waals surface area contributed by atoms with Crippen LogP contribution in [0.25, 0.3) is 15.1 Å². The summed E-state index contributed by atoms with van der Waals surface area (Å²) in [6, 6.07) is 5.15. The van der Waals surface area contributed by atoms with Crippen LogP contribution in [0.1, 0.15) is 5.01 Å². The van der Waals surface area contributed by atoms with E-state index >= 15 is 0 Å². The van der Waals surface area contributed by atoms with Crippen molar-refractivity contribution in [3.63, 3.8) is 0 Å². The molecule has 0 aliphatic carbocycles. The normalized spacial score (nSPS) is 10.2. The van der Waals surface area contributed by atoms with E-state index in [9.17, 15) is 5.11 Å². The molecule has 0 aliphatic heterocycles. The number of nitrogens with zero attached hydrogens (tertiary/aromatic N) is 2. The first-order valence-corrected chi connectivity index (χ1v) is 5.03. The number of phenolic OH excluding ortho intramolecular Hbond substituents is 1. The molecule has 0 spiro atoms. The summed E-state index contributed by atoms with van der Waals surface area (Å²) >= 11 is 1.58. The largest absolute Gasteiger partial charge is 0.508 e. The molecule has 4 heteroatoms. The summed E-state index contributed by atoms with van der Waals surface area (Å²) in [4.78, 5) is 7.61. The summed E-state index contributed by atoms with van der Waals surface area (Å²) in [7, 11) is 0. The number of rotatable bonds is 2. The van der Waals surface area contributed by atoms with E-state index in [1.807, 2.05) is 6.07 Å². The summed E-state index contributed by atoms with van der Waals surface area (Å²) in [6.45, 7) is 7.16. The fourth-order valence-electron chi connectivity index (χ4n) is 1.22. The molecule has 0 radical (unpaired) electrons. The molecule has 2 rings (SSSR count). The summed E-state index contributed by atoms with van der Waals surface area (Å²) in [6.07, 6.45) is 0.698. The molecule has 0 saturated carbocycles. The molecular weight excluding hydrogens is 196 g/mol. The summed E-state index contributed by atoms with van der Waals surface area (Å²) in [5, 5.41) is 10.2. The number of benzene rings is 1. The number of hydrogen-bond donors (Lipinski definition) is 1. The first kappa shape index (κ1) is 8.97. The maximum atomic E-state index is 9.23. The van der Waals surface area contributed by atoms with Crippen molar-refractivity contribution < 1.29 is 5.11 Å². The van der Waals surface area contributed by atoms with Crippen molar-refractivity contribution in [2.75, 3.05) is 6.54 Å². The average molecular weight is 204 g/mol. The van der Waals surface area contributed by atoms with Crippen molar-refractivity contribution in [3.8, 4) is 5.75 Å². The van der Waals surface area contributed by atoms with Crippen LogP contribution in [0.2, 0.25) is 0 Å². The van der Waals surface area contributed by atoms with Gasteiger partial charge in [-0.05, 0) is 12.1 Å². The minimum atomic E-state index is 0.236. The topological polar surface area (TPSA) is 37.5 Å². The average Bonchev–Trinajstić information content (AvgIpc) is 2.56. The molecule has 0 bridgehead atoms. The van der Waals surface area contributed by atoms with Gasteiger partial charge in [0.05, 0.1) is 16.6 Å². The smallest absolute Gasteiger partial charge is 0.221 e. The van der Waals surface area contributed by atoms with E-state index in [1.165, 1.54) is 0 Å². The molecular formula is C10H8N2OS. The van der Waals surface area contributed by atoms with Crippen LogP contribution in [0.5, 0.6) is 5.75 Å². The Balaban J connectivity index is 2.37. The Bertz CT molecular complexity index is 498. The lowest BCUT2D eigenvalue weighted by Crippen LogP contribution is -1.84. The van der Waals surface area contributed by atoms with Crippen LogP contribution in [0.4, 0.5) is 0 Å². The maximum Gasteiger partial charge on any atom is 0.221 e. The van der Waals surface area contributed by atoms with Crippen molar-refractivity contribution in [2.24, 2.45) is 0 Å². The van der Waals surface area contributed by atoms with E-state index in [0.29, 0.717) is 13.0 Å². The summed E-state index contributed by atoms with van der Waals surface area (Å²) in [5.41, 5.74) is 0.815. The summed E-state index contributed by atoms with van der Waals surface area (Å²) < 4.78 is 1.06. The fraction of sp³-hybridized carbons (Fsp3) is 0.200. The molecule has 0 amide bonds. The Kier molecular flexibility index (Phi) is 2.33. The zero-order chi connectivity index (χ0) is 9.97. The third kappa shape index (κ3) is 1.68. The van der Waals surface area contributed by atoms with Crippen molar-refractivity contribution in [3.05, 3.63) is 34.6 Å². The highest BCUT2D eigenvalue weighted by Crippen LogP contribution is 2.25. The first-order valence-electron chi connectivity index (χ1n) is 4.21. The predicted molar refractivity (Wildman–Crippen MR) is 56.5 cm³/mol. The van der Waals surface area contributed by atoms with Crippen LogP contribution >= 0.6 is 11.3 Å². The van der Waals surface area contributed by atoms with Crippen molar-refractivity contribution in [1.82, 2.24) is 4.98 Å².